The number of carbonyl (C=O) groups is 2. The lowest BCUT2D eigenvalue weighted by Gasteiger charge is -2.19. The molecule has 0 aliphatic carbocycles. The van der Waals surface area contributed by atoms with Gasteiger partial charge in [0.15, 0.2) is 0 Å². The Morgan fingerprint density at radius 3 is 2.74 bits per heavy atom. The predicted octanol–water partition coefficient (Wildman–Crippen LogP) is 1.78. The topological polar surface area (TPSA) is 88.5 Å². The maximum absolute atomic E-state index is 11.5. The van der Waals surface area contributed by atoms with Crippen molar-refractivity contribution < 1.29 is 19.4 Å². The van der Waals surface area contributed by atoms with Crippen molar-refractivity contribution in [2.45, 2.75) is 20.3 Å². The monoisotopic (exact) mass is 266 g/mol. The molecular formula is C13H18N2O4. The van der Waals surface area contributed by atoms with Crippen molar-refractivity contribution in [1.29, 1.82) is 0 Å². The van der Waals surface area contributed by atoms with Crippen LogP contribution in [0.3, 0.4) is 0 Å². The number of carboxylic acids is 1. The molecule has 0 atom stereocenters. The van der Waals surface area contributed by atoms with Gasteiger partial charge in [-0.25, -0.2) is 9.78 Å². The van der Waals surface area contributed by atoms with Crippen LogP contribution >= 0.6 is 0 Å². The molecule has 2 N–H and O–H groups in total. The molecule has 6 nitrogen and oxygen atoms in total. The number of carboxylic acid groups (broad SMARTS) is 1. The first kappa shape index (κ1) is 14.9. The summed E-state index contributed by atoms with van der Waals surface area (Å²) in [5.41, 5.74) is -0.495. The number of nitrogens with one attached hydrogen (secondary N) is 1. The number of nitrogens with zero attached hydrogens (tertiary/aromatic N) is 1. The van der Waals surface area contributed by atoms with E-state index < -0.39 is 17.4 Å². The number of hydrogen-bond donors (Lipinski definition) is 2. The minimum absolute atomic E-state index is 0.332. The van der Waals surface area contributed by atoms with Gasteiger partial charge in [0.2, 0.25) is 0 Å². The van der Waals surface area contributed by atoms with Gasteiger partial charge in [0, 0.05) is 12.7 Å². The maximum atomic E-state index is 11.5. The van der Waals surface area contributed by atoms with Crippen LogP contribution in [0, 0.1) is 5.41 Å². The summed E-state index contributed by atoms with van der Waals surface area (Å²) in [5, 5.41) is 12.0. The Morgan fingerprint density at radius 2 is 2.16 bits per heavy atom. The van der Waals surface area contributed by atoms with Crippen LogP contribution in [0.5, 0.6) is 0 Å². The molecule has 0 spiro atoms. The molecule has 104 valence electrons. The number of methoxy groups -OCH3 is 1. The minimum atomic E-state index is -0.858. The van der Waals surface area contributed by atoms with Crippen LogP contribution in [-0.2, 0) is 9.53 Å². The first-order chi connectivity index (χ1) is 8.88. The summed E-state index contributed by atoms with van der Waals surface area (Å²) in [5.74, 6) is -0.938. The van der Waals surface area contributed by atoms with Crippen LogP contribution in [0.1, 0.15) is 30.6 Å². The van der Waals surface area contributed by atoms with Gasteiger partial charge in [-0.1, -0.05) is 0 Å². The van der Waals surface area contributed by atoms with Gasteiger partial charge < -0.3 is 15.2 Å². The third kappa shape index (κ3) is 3.94. The molecule has 0 bridgehead atoms. The highest BCUT2D eigenvalue weighted by atomic mass is 16.5. The van der Waals surface area contributed by atoms with E-state index in [-0.39, 0.29) is 0 Å². The van der Waals surface area contributed by atoms with E-state index in [4.69, 9.17) is 5.11 Å². The number of hydrogen-bond acceptors (Lipinski definition) is 5. The molecule has 0 radical (unpaired) electrons. The summed E-state index contributed by atoms with van der Waals surface area (Å²) < 4.78 is 4.65. The third-order valence-corrected chi connectivity index (χ3v) is 2.83. The highest BCUT2D eigenvalue weighted by Gasteiger charge is 2.26. The van der Waals surface area contributed by atoms with E-state index in [9.17, 15) is 9.59 Å². The molecule has 1 rings (SSSR count). The average Bonchev–Trinajstić information content (AvgIpc) is 2.38. The van der Waals surface area contributed by atoms with Crippen molar-refractivity contribution in [3.8, 4) is 0 Å². The lowest BCUT2D eigenvalue weighted by Crippen LogP contribution is -2.26. The van der Waals surface area contributed by atoms with Crippen LogP contribution in [0.15, 0.2) is 18.3 Å². The smallest absolute Gasteiger partial charge is 0.341 e. The van der Waals surface area contributed by atoms with Crippen LogP contribution < -0.4 is 5.32 Å². The second-order valence-corrected chi connectivity index (χ2v) is 4.76. The van der Waals surface area contributed by atoms with Crippen molar-refractivity contribution in [2.75, 3.05) is 19.0 Å². The van der Waals surface area contributed by atoms with Gasteiger partial charge in [0.1, 0.15) is 11.4 Å². The highest BCUT2D eigenvalue weighted by molar-refractivity contribution is 5.94. The summed E-state index contributed by atoms with van der Waals surface area (Å²) in [6, 6.07) is 3.24. The van der Waals surface area contributed by atoms with Gasteiger partial charge in [-0.2, -0.15) is 0 Å². The van der Waals surface area contributed by atoms with E-state index in [1.54, 1.807) is 32.2 Å². The number of carbonyl (C=O) groups excluding carboxylic acids is 1. The number of pyridine rings is 1. The van der Waals surface area contributed by atoms with E-state index in [1.807, 2.05) is 0 Å². The van der Waals surface area contributed by atoms with Gasteiger partial charge in [-0.3, -0.25) is 4.79 Å². The van der Waals surface area contributed by atoms with E-state index in [1.165, 1.54) is 7.11 Å². The Labute approximate surface area is 111 Å². The van der Waals surface area contributed by atoms with Gasteiger partial charge in [-0.15, -0.1) is 0 Å². The van der Waals surface area contributed by atoms with Crippen molar-refractivity contribution in [1.82, 2.24) is 4.98 Å². The number of esters is 1. The van der Waals surface area contributed by atoms with Gasteiger partial charge in [0.05, 0.1) is 12.5 Å². The number of aromatic nitrogens is 1. The molecule has 0 saturated heterocycles. The molecule has 1 aromatic heterocycles. The van der Waals surface area contributed by atoms with E-state index in [0.717, 1.165) is 0 Å². The fraction of sp³-hybridized carbons (Fsp3) is 0.462. The fourth-order valence-electron chi connectivity index (χ4n) is 1.42. The molecule has 1 aromatic rings. The molecule has 0 unspecified atom stereocenters. The molecule has 1 heterocycles. The standard InChI is InChI=1S/C13H18N2O4/c1-13(2,12(17)18)6-8-15-10-9(11(16)19-3)5-4-7-14-10/h4-5,7H,6,8H2,1-3H3,(H,14,15)(H,17,18). The summed E-state index contributed by atoms with van der Waals surface area (Å²) >= 11 is 0. The van der Waals surface area contributed by atoms with E-state index >= 15 is 0 Å². The van der Waals surface area contributed by atoms with Crippen LogP contribution in [-0.4, -0.2) is 35.7 Å². The number of ether oxygens (including phenoxy) is 1. The average molecular weight is 266 g/mol. The summed E-state index contributed by atoms with van der Waals surface area (Å²) in [4.78, 5) is 26.5. The van der Waals surface area contributed by atoms with Gasteiger partial charge in [-0.05, 0) is 32.4 Å². The molecule has 19 heavy (non-hydrogen) atoms. The van der Waals surface area contributed by atoms with Crippen molar-refractivity contribution in [2.24, 2.45) is 5.41 Å². The van der Waals surface area contributed by atoms with E-state index in [2.05, 4.69) is 15.0 Å². The zero-order valence-corrected chi connectivity index (χ0v) is 11.3. The summed E-state index contributed by atoms with van der Waals surface area (Å²) in [6.07, 6.45) is 1.97. The Kier molecular flexibility index (Phi) is 4.86. The largest absolute Gasteiger partial charge is 0.481 e. The van der Waals surface area contributed by atoms with Crippen LogP contribution in [0.4, 0.5) is 5.82 Å². The molecule has 6 heteroatoms. The molecule has 0 aromatic carbocycles. The zero-order chi connectivity index (χ0) is 14.5. The molecule has 0 aliphatic heterocycles. The van der Waals surface area contributed by atoms with Gasteiger partial charge in [0.25, 0.3) is 0 Å². The lowest BCUT2D eigenvalue weighted by atomic mass is 9.90. The second-order valence-electron chi connectivity index (χ2n) is 4.76. The van der Waals surface area contributed by atoms with Crippen molar-refractivity contribution in [3.05, 3.63) is 23.9 Å². The molecule has 0 aliphatic rings. The van der Waals surface area contributed by atoms with Crippen molar-refractivity contribution in [3.63, 3.8) is 0 Å². The highest BCUT2D eigenvalue weighted by Crippen LogP contribution is 2.21. The van der Waals surface area contributed by atoms with Gasteiger partial charge >= 0.3 is 11.9 Å². The zero-order valence-electron chi connectivity index (χ0n) is 11.3. The molecule has 0 fully saturated rings. The van der Waals surface area contributed by atoms with Crippen LogP contribution in [0.2, 0.25) is 0 Å². The minimum Gasteiger partial charge on any atom is -0.481 e. The van der Waals surface area contributed by atoms with Crippen LogP contribution in [0.25, 0.3) is 0 Å². The fourth-order valence-corrected chi connectivity index (χ4v) is 1.42. The normalized spacial score (nSPS) is 10.9. The predicted molar refractivity (Wildman–Crippen MR) is 70.1 cm³/mol. The Hall–Kier alpha value is -2.11. The second kappa shape index (κ2) is 6.17. The number of rotatable bonds is 6. The Morgan fingerprint density at radius 1 is 1.47 bits per heavy atom. The van der Waals surface area contributed by atoms with E-state index in [0.29, 0.717) is 24.3 Å². The van der Waals surface area contributed by atoms with Crippen molar-refractivity contribution >= 4 is 17.8 Å². The maximum Gasteiger partial charge on any atom is 0.341 e. The Balaban J connectivity index is 2.69. The molecule has 0 saturated carbocycles. The number of anilines is 1. The Bertz CT molecular complexity index is 471. The molecular weight excluding hydrogens is 248 g/mol. The molecule has 0 amide bonds. The third-order valence-electron chi connectivity index (χ3n) is 2.83. The first-order valence-electron chi connectivity index (χ1n) is 5.89. The summed E-state index contributed by atoms with van der Waals surface area (Å²) in [6.45, 7) is 3.70. The first-order valence-corrected chi connectivity index (χ1v) is 5.89. The number of aliphatic carboxylic acids is 1. The quantitative estimate of drug-likeness (QED) is 0.763. The SMILES string of the molecule is COC(=O)c1cccnc1NCCC(C)(C)C(=O)O. The lowest BCUT2D eigenvalue weighted by molar-refractivity contribution is -0.147. The summed E-state index contributed by atoms with van der Waals surface area (Å²) in [7, 11) is 1.30.